The standard InChI is InChI=1S/C29H33N5O4/c1-3-32(20-21-11-13-22(35)14-12-21)18-19-33(4-2)26(36)15-16-27(37)34-25-10-6-5-8-23(25)29(38)31-24-9-7-17-30-28(24)34/h5-14,17,35H,3-4,15-16,18-20H2,1-2H3,(H,31,38). The van der Waals surface area contributed by atoms with Gasteiger partial charge in [0.2, 0.25) is 11.8 Å². The Morgan fingerprint density at radius 3 is 2.45 bits per heavy atom. The van der Waals surface area contributed by atoms with Gasteiger partial charge in [-0.25, -0.2) is 4.98 Å². The lowest BCUT2D eigenvalue weighted by Crippen LogP contribution is -2.39. The normalized spacial score (nSPS) is 12.4. The van der Waals surface area contributed by atoms with E-state index in [-0.39, 0.29) is 36.3 Å². The number of phenolic OH excluding ortho intramolecular Hbond substituents is 1. The highest BCUT2D eigenvalue weighted by Gasteiger charge is 2.30. The summed E-state index contributed by atoms with van der Waals surface area (Å²) in [5, 5.41) is 12.3. The number of likely N-dealkylation sites (N-methyl/N-ethyl adjacent to an activating group) is 2. The van der Waals surface area contributed by atoms with Gasteiger partial charge in [0.25, 0.3) is 5.91 Å². The van der Waals surface area contributed by atoms with Crippen molar-refractivity contribution in [3.8, 4) is 5.75 Å². The molecule has 0 aliphatic carbocycles. The largest absolute Gasteiger partial charge is 0.508 e. The fraction of sp³-hybridized carbons (Fsp3) is 0.310. The molecule has 198 valence electrons. The second-order valence-electron chi connectivity index (χ2n) is 9.08. The molecule has 0 atom stereocenters. The highest BCUT2D eigenvalue weighted by Crippen LogP contribution is 2.36. The van der Waals surface area contributed by atoms with Gasteiger partial charge in [-0.15, -0.1) is 0 Å². The number of aromatic hydroxyl groups is 1. The van der Waals surface area contributed by atoms with Gasteiger partial charge in [0, 0.05) is 45.2 Å². The Kier molecular flexibility index (Phi) is 8.70. The number of aromatic nitrogens is 1. The molecule has 0 bridgehead atoms. The van der Waals surface area contributed by atoms with Gasteiger partial charge in [-0.05, 0) is 55.4 Å². The van der Waals surface area contributed by atoms with Crippen molar-refractivity contribution in [1.29, 1.82) is 0 Å². The molecule has 0 saturated heterocycles. The summed E-state index contributed by atoms with van der Waals surface area (Å²) in [5.41, 5.74) is 2.34. The van der Waals surface area contributed by atoms with Crippen LogP contribution in [0.15, 0.2) is 66.9 Å². The third kappa shape index (κ3) is 6.18. The third-order valence-electron chi connectivity index (χ3n) is 6.65. The number of hydrogen-bond donors (Lipinski definition) is 2. The molecule has 4 rings (SSSR count). The lowest BCUT2D eigenvalue weighted by Gasteiger charge is -2.27. The van der Waals surface area contributed by atoms with E-state index in [1.165, 1.54) is 4.90 Å². The van der Waals surface area contributed by atoms with E-state index in [2.05, 4.69) is 22.1 Å². The van der Waals surface area contributed by atoms with Gasteiger partial charge in [-0.2, -0.15) is 0 Å². The molecule has 0 fully saturated rings. The molecule has 2 aromatic carbocycles. The number of hydrogen-bond acceptors (Lipinski definition) is 6. The highest BCUT2D eigenvalue weighted by atomic mass is 16.3. The average Bonchev–Trinajstić information content (AvgIpc) is 3.06. The first-order valence-corrected chi connectivity index (χ1v) is 12.9. The minimum Gasteiger partial charge on any atom is -0.508 e. The molecule has 0 radical (unpaired) electrons. The lowest BCUT2D eigenvalue weighted by molar-refractivity contribution is -0.133. The molecule has 9 heteroatoms. The Balaban J connectivity index is 1.41. The number of rotatable bonds is 10. The van der Waals surface area contributed by atoms with E-state index in [4.69, 9.17) is 0 Å². The molecule has 0 spiro atoms. The van der Waals surface area contributed by atoms with Crippen LogP contribution in [-0.4, -0.2) is 63.8 Å². The second kappa shape index (κ2) is 12.3. The van der Waals surface area contributed by atoms with Crippen molar-refractivity contribution in [2.24, 2.45) is 0 Å². The molecule has 3 aromatic rings. The van der Waals surface area contributed by atoms with E-state index in [9.17, 15) is 19.5 Å². The van der Waals surface area contributed by atoms with Gasteiger partial charge in [-0.3, -0.25) is 24.2 Å². The number of amides is 3. The average molecular weight is 516 g/mol. The fourth-order valence-corrected chi connectivity index (χ4v) is 4.50. The predicted octanol–water partition coefficient (Wildman–Crippen LogP) is 4.17. The number of carbonyl (C=O) groups excluding carboxylic acids is 3. The van der Waals surface area contributed by atoms with Crippen LogP contribution in [0.1, 0.15) is 42.6 Å². The summed E-state index contributed by atoms with van der Waals surface area (Å²) in [7, 11) is 0. The molecule has 3 amide bonds. The Morgan fingerprint density at radius 2 is 1.71 bits per heavy atom. The maximum Gasteiger partial charge on any atom is 0.257 e. The Hall–Kier alpha value is -4.24. The minimum atomic E-state index is -0.314. The number of fused-ring (bicyclic) bond motifs is 2. The summed E-state index contributed by atoms with van der Waals surface area (Å²) < 4.78 is 0. The molecule has 9 nitrogen and oxygen atoms in total. The first-order chi connectivity index (χ1) is 18.4. The van der Waals surface area contributed by atoms with E-state index in [1.54, 1.807) is 59.6 Å². The van der Waals surface area contributed by atoms with Crippen molar-refractivity contribution in [3.05, 3.63) is 78.0 Å². The lowest BCUT2D eigenvalue weighted by atomic mass is 10.1. The summed E-state index contributed by atoms with van der Waals surface area (Å²) in [6.45, 7) is 7.31. The summed E-state index contributed by atoms with van der Waals surface area (Å²) in [6, 6.07) is 17.4. The van der Waals surface area contributed by atoms with Crippen molar-refractivity contribution in [2.45, 2.75) is 33.2 Å². The molecular formula is C29H33N5O4. The van der Waals surface area contributed by atoms with E-state index in [1.807, 2.05) is 19.1 Å². The van der Waals surface area contributed by atoms with E-state index < -0.39 is 0 Å². The van der Waals surface area contributed by atoms with Crippen LogP contribution in [0, 0.1) is 0 Å². The maximum atomic E-state index is 13.5. The molecule has 1 aromatic heterocycles. The molecular weight excluding hydrogens is 482 g/mol. The quantitative estimate of drug-likeness (QED) is 0.420. The van der Waals surface area contributed by atoms with Crippen LogP contribution in [0.3, 0.4) is 0 Å². The first-order valence-electron chi connectivity index (χ1n) is 12.9. The summed E-state index contributed by atoms with van der Waals surface area (Å²) >= 11 is 0. The van der Waals surface area contributed by atoms with Gasteiger partial charge < -0.3 is 15.3 Å². The Bertz CT molecular complexity index is 1290. The van der Waals surface area contributed by atoms with Crippen LogP contribution in [0.5, 0.6) is 5.75 Å². The van der Waals surface area contributed by atoms with Crippen LogP contribution in [0.4, 0.5) is 17.2 Å². The summed E-state index contributed by atoms with van der Waals surface area (Å²) in [4.78, 5) is 49.1. The van der Waals surface area contributed by atoms with Crippen LogP contribution < -0.4 is 10.2 Å². The van der Waals surface area contributed by atoms with Gasteiger partial charge in [0.05, 0.1) is 16.9 Å². The Morgan fingerprint density at radius 1 is 0.947 bits per heavy atom. The number of phenols is 1. The van der Waals surface area contributed by atoms with Crippen LogP contribution in [-0.2, 0) is 16.1 Å². The van der Waals surface area contributed by atoms with Crippen LogP contribution >= 0.6 is 0 Å². The minimum absolute atomic E-state index is 0.0150. The van der Waals surface area contributed by atoms with Gasteiger partial charge in [-0.1, -0.05) is 31.2 Å². The zero-order valence-corrected chi connectivity index (χ0v) is 21.8. The number of nitrogens with one attached hydrogen (secondary N) is 1. The zero-order chi connectivity index (χ0) is 27.1. The molecule has 2 heterocycles. The zero-order valence-electron chi connectivity index (χ0n) is 21.8. The van der Waals surface area contributed by atoms with Crippen molar-refractivity contribution >= 4 is 34.9 Å². The van der Waals surface area contributed by atoms with Crippen LogP contribution in [0.2, 0.25) is 0 Å². The topological polar surface area (TPSA) is 106 Å². The van der Waals surface area contributed by atoms with E-state index in [0.717, 1.165) is 12.1 Å². The third-order valence-corrected chi connectivity index (χ3v) is 6.65. The molecule has 0 saturated carbocycles. The first kappa shape index (κ1) is 26.8. The number of nitrogens with zero attached hydrogens (tertiary/aromatic N) is 4. The predicted molar refractivity (Wildman–Crippen MR) is 146 cm³/mol. The Labute approximate surface area is 222 Å². The van der Waals surface area contributed by atoms with Gasteiger partial charge in [0.1, 0.15) is 5.75 Å². The molecule has 2 N–H and O–H groups in total. The highest BCUT2D eigenvalue weighted by molar-refractivity contribution is 6.17. The van der Waals surface area contributed by atoms with Crippen molar-refractivity contribution < 1.29 is 19.5 Å². The summed E-state index contributed by atoms with van der Waals surface area (Å²) in [5.74, 6) is -0.143. The van der Waals surface area contributed by atoms with Gasteiger partial charge >= 0.3 is 0 Å². The van der Waals surface area contributed by atoms with Crippen molar-refractivity contribution in [1.82, 2.24) is 14.8 Å². The van der Waals surface area contributed by atoms with Crippen molar-refractivity contribution in [3.63, 3.8) is 0 Å². The smallest absolute Gasteiger partial charge is 0.257 e. The molecule has 38 heavy (non-hydrogen) atoms. The van der Waals surface area contributed by atoms with Crippen molar-refractivity contribution in [2.75, 3.05) is 36.4 Å². The van der Waals surface area contributed by atoms with E-state index >= 15 is 0 Å². The molecule has 0 unspecified atom stereocenters. The number of para-hydroxylation sites is 1. The SMILES string of the molecule is CCN(CCN(CC)C(=O)CCC(=O)N1c2ccccc2C(=O)Nc2cccnc21)Cc1ccc(O)cc1. The van der Waals surface area contributed by atoms with Gasteiger partial charge in [0.15, 0.2) is 5.82 Å². The fourth-order valence-electron chi connectivity index (χ4n) is 4.50. The maximum absolute atomic E-state index is 13.5. The summed E-state index contributed by atoms with van der Waals surface area (Å²) in [6.07, 6.45) is 1.61. The molecule has 1 aliphatic rings. The monoisotopic (exact) mass is 515 g/mol. The van der Waals surface area contributed by atoms with E-state index in [0.29, 0.717) is 48.9 Å². The second-order valence-corrected chi connectivity index (χ2v) is 9.08. The number of pyridine rings is 1. The van der Waals surface area contributed by atoms with Crippen LogP contribution in [0.25, 0.3) is 0 Å². The number of benzene rings is 2. The molecule has 1 aliphatic heterocycles. The number of carbonyl (C=O) groups is 3. The number of anilines is 3.